The molecule has 0 N–H and O–H groups in total. The molecule has 1 aliphatic heterocycles. The zero-order chi connectivity index (χ0) is 16.1. The molecular weight excluding hydrogens is 289 g/mol. The van der Waals surface area contributed by atoms with Crippen LogP contribution in [0.15, 0.2) is 60.7 Å². The van der Waals surface area contributed by atoms with Gasteiger partial charge in [-0.2, -0.15) is 5.26 Å². The molecule has 3 rings (SSSR count). The van der Waals surface area contributed by atoms with Crippen molar-refractivity contribution in [1.82, 2.24) is 4.90 Å². The monoisotopic (exact) mass is 307 g/mol. The summed E-state index contributed by atoms with van der Waals surface area (Å²) >= 11 is 0. The van der Waals surface area contributed by atoms with Crippen LogP contribution in [0.25, 0.3) is 5.70 Å². The highest BCUT2D eigenvalue weighted by molar-refractivity contribution is 5.66. The van der Waals surface area contributed by atoms with E-state index in [0.717, 1.165) is 37.4 Å². The van der Waals surface area contributed by atoms with Crippen molar-refractivity contribution in [3.05, 3.63) is 72.1 Å². The fraction of sp³-hybridized carbons (Fsp3) is 0.211. The van der Waals surface area contributed by atoms with Gasteiger partial charge in [0.1, 0.15) is 5.82 Å². The number of nitriles is 1. The van der Waals surface area contributed by atoms with E-state index in [1.54, 1.807) is 18.2 Å². The van der Waals surface area contributed by atoms with Crippen molar-refractivity contribution in [3.8, 4) is 6.07 Å². The van der Waals surface area contributed by atoms with Crippen molar-refractivity contribution in [2.45, 2.75) is 0 Å². The molecule has 0 aliphatic carbocycles. The molecule has 1 fully saturated rings. The SMILES string of the molecule is N#CC=C(c1ccc(F)cc1)N1CCN(c2ccccc2)CC1. The van der Waals surface area contributed by atoms with Gasteiger partial charge in [0.05, 0.1) is 11.8 Å². The third-order valence-electron chi connectivity index (χ3n) is 4.08. The molecule has 0 atom stereocenters. The van der Waals surface area contributed by atoms with E-state index >= 15 is 0 Å². The van der Waals surface area contributed by atoms with Gasteiger partial charge in [0.25, 0.3) is 0 Å². The lowest BCUT2D eigenvalue weighted by Crippen LogP contribution is -2.45. The second-order valence-electron chi connectivity index (χ2n) is 5.48. The Morgan fingerprint density at radius 1 is 0.957 bits per heavy atom. The van der Waals surface area contributed by atoms with Crippen molar-refractivity contribution < 1.29 is 4.39 Å². The van der Waals surface area contributed by atoms with Gasteiger partial charge in [-0.15, -0.1) is 0 Å². The van der Waals surface area contributed by atoms with Crippen LogP contribution in [0.5, 0.6) is 0 Å². The van der Waals surface area contributed by atoms with Gasteiger partial charge in [0.15, 0.2) is 0 Å². The molecule has 1 aliphatic rings. The number of anilines is 1. The second kappa shape index (κ2) is 6.97. The molecule has 0 spiro atoms. The molecular formula is C19H18FN3. The van der Waals surface area contributed by atoms with Crippen LogP contribution in [0.3, 0.4) is 0 Å². The van der Waals surface area contributed by atoms with Gasteiger partial charge in [-0.05, 0) is 42.0 Å². The fourth-order valence-electron chi connectivity index (χ4n) is 2.88. The second-order valence-corrected chi connectivity index (χ2v) is 5.48. The quantitative estimate of drug-likeness (QED) is 0.813. The minimum absolute atomic E-state index is 0.265. The summed E-state index contributed by atoms with van der Waals surface area (Å²) in [5.74, 6) is -0.265. The minimum Gasteiger partial charge on any atom is -0.368 e. The summed E-state index contributed by atoms with van der Waals surface area (Å²) in [5.41, 5.74) is 2.96. The molecule has 0 radical (unpaired) electrons. The Kier molecular flexibility index (Phi) is 4.58. The Hall–Kier alpha value is -2.80. The molecule has 23 heavy (non-hydrogen) atoms. The van der Waals surface area contributed by atoms with Gasteiger partial charge in [-0.3, -0.25) is 0 Å². The fourth-order valence-corrected chi connectivity index (χ4v) is 2.88. The highest BCUT2D eigenvalue weighted by Crippen LogP contribution is 2.23. The third-order valence-corrected chi connectivity index (χ3v) is 4.08. The number of halogens is 1. The number of benzene rings is 2. The van der Waals surface area contributed by atoms with Crippen LogP contribution >= 0.6 is 0 Å². The molecule has 0 unspecified atom stereocenters. The number of hydrogen-bond donors (Lipinski definition) is 0. The average molecular weight is 307 g/mol. The van der Waals surface area contributed by atoms with Crippen LogP contribution in [0, 0.1) is 17.1 Å². The normalized spacial score (nSPS) is 15.4. The van der Waals surface area contributed by atoms with Crippen molar-refractivity contribution in [2.75, 3.05) is 31.1 Å². The lowest BCUT2D eigenvalue weighted by molar-refractivity contribution is 0.367. The van der Waals surface area contributed by atoms with E-state index in [0.29, 0.717) is 0 Å². The summed E-state index contributed by atoms with van der Waals surface area (Å²) in [6, 6.07) is 18.7. The predicted octanol–water partition coefficient (Wildman–Crippen LogP) is 3.51. The molecule has 0 bridgehead atoms. The Bertz CT molecular complexity index is 709. The summed E-state index contributed by atoms with van der Waals surface area (Å²) in [6.45, 7) is 3.46. The zero-order valence-corrected chi connectivity index (χ0v) is 12.8. The van der Waals surface area contributed by atoms with Crippen LogP contribution in [0.2, 0.25) is 0 Å². The first-order chi connectivity index (χ1) is 11.3. The van der Waals surface area contributed by atoms with E-state index in [4.69, 9.17) is 5.26 Å². The standard InChI is InChI=1S/C19H18FN3/c20-17-8-6-16(7-9-17)19(10-11-21)23-14-12-22(13-15-23)18-4-2-1-3-5-18/h1-10H,12-15H2. The topological polar surface area (TPSA) is 30.3 Å². The van der Waals surface area contributed by atoms with Crippen LogP contribution in [-0.2, 0) is 0 Å². The maximum Gasteiger partial charge on any atom is 0.123 e. The molecule has 2 aromatic carbocycles. The van der Waals surface area contributed by atoms with Gasteiger partial charge >= 0.3 is 0 Å². The van der Waals surface area contributed by atoms with E-state index in [1.165, 1.54) is 17.8 Å². The molecule has 3 nitrogen and oxygen atoms in total. The highest BCUT2D eigenvalue weighted by atomic mass is 19.1. The predicted molar refractivity (Wildman–Crippen MR) is 90.2 cm³/mol. The van der Waals surface area contributed by atoms with E-state index in [-0.39, 0.29) is 5.82 Å². The lowest BCUT2D eigenvalue weighted by Gasteiger charge is -2.38. The molecule has 1 heterocycles. The summed E-state index contributed by atoms with van der Waals surface area (Å²) < 4.78 is 13.1. The number of para-hydroxylation sites is 1. The first-order valence-electron chi connectivity index (χ1n) is 7.68. The number of piperazine rings is 1. The molecule has 1 saturated heterocycles. The molecule has 0 saturated carbocycles. The van der Waals surface area contributed by atoms with Crippen LogP contribution in [0.4, 0.5) is 10.1 Å². The van der Waals surface area contributed by atoms with Crippen LogP contribution < -0.4 is 4.90 Å². The molecule has 2 aromatic rings. The number of rotatable bonds is 3. The van der Waals surface area contributed by atoms with Crippen LogP contribution in [0.1, 0.15) is 5.56 Å². The van der Waals surface area contributed by atoms with E-state index in [2.05, 4.69) is 28.0 Å². The smallest absolute Gasteiger partial charge is 0.123 e. The zero-order valence-electron chi connectivity index (χ0n) is 12.8. The Morgan fingerprint density at radius 3 is 2.22 bits per heavy atom. The van der Waals surface area contributed by atoms with Crippen molar-refractivity contribution >= 4 is 11.4 Å². The highest BCUT2D eigenvalue weighted by Gasteiger charge is 2.20. The van der Waals surface area contributed by atoms with Crippen LogP contribution in [-0.4, -0.2) is 31.1 Å². The largest absolute Gasteiger partial charge is 0.368 e. The summed E-state index contributed by atoms with van der Waals surface area (Å²) in [4.78, 5) is 4.53. The number of hydrogen-bond acceptors (Lipinski definition) is 3. The van der Waals surface area contributed by atoms with Gasteiger partial charge in [0.2, 0.25) is 0 Å². The number of allylic oxidation sites excluding steroid dienone is 1. The molecule has 4 heteroatoms. The molecule has 0 aromatic heterocycles. The van der Waals surface area contributed by atoms with E-state index in [9.17, 15) is 4.39 Å². The molecule has 0 amide bonds. The van der Waals surface area contributed by atoms with Crippen molar-refractivity contribution in [3.63, 3.8) is 0 Å². The van der Waals surface area contributed by atoms with Crippen molar-refractivity contribution in [1.29, 1.82) is 5.26 Å². The van der Waals surface area contributed by atoms with Gasteiger partial charge in [-0.1, -0.05) is 18.2 Å². The Morgan fingerprint density at radius 2 is 1.61 bits per heavy atom. The molecule has 116 valence electrons. The lowest BCUT2D eigenvalue weighted by atomic mass is 10.1. The number of nitrogens with zero attached hydrogens (tertiary/aromatic N) is 3. The summed E-state index contributed by atoms with van der Waals surface area (Å²) in [6.07, 6.45) is 1.55. The Balaban J connectivity index is 1.73. The van der Waals surface area contributed by atoms with Gasteiger partial charge in [-0.25, -0.2) is 4.39 Å². The van der Waals surface area contributed by atoms with Gasteiger partial charge < -0.3 is 9.80 Å². The van der Waals surface area contributed by atoms with E-state index in [1.807, 2.05) is 18.2 Å². The summed E-state index contributed by atoms with van der Waals surface area (Å²) in [7, 11) is 0. The summed E-state index contributed by atoms with van der Waals surface area (Å²) in [5, 5.41) is 9.08. The van der Waals surface area contributed by atoms with Crippen molar-refractivity contribution in [2.24, 2.45) is 0 Å². The maximum atomic E-state index is 13.1. The van der Waals surface area contributed by atoms with Gasteiger partial charge in [0, 0.05) is 37.9 Å². The minimum atomic E-state index is -0.265. The Labute approximate surface area is 135 Å². The third kappa shape index (κ3) is 3.51. The first kappa shape index (κ1) is 15.1. The van der Waals surface area contributed by atoms with E-state index < -0.39 is 0 Å². The average Bonchev–Trinajstić information content (AvgIpc) is 2.62. The maximum absolute atomic E-state index is 13.1. The first-order valence-corrected chi connectivity index (χ1v) is 7.68.